The molecule has 194 valence electrons. The van der Waals surface area contributed by atoms with Crippen molar-refractivity contribution in [3.63, 3.8) is 0 Å². The number of hydrogen-bond donors (Lipinski definition) is 2. The Hall–Kier alpha value is -3.50. The zero-order valence-electron chi connectivity index (χ0n) is 21.6. The van der Waals surface area contributed by atoms with E-state index in [0.29, 0.717) is 22.8 Å². The largest absolute Gasteiger partial charge is 0.309 e. The first-order valence-electron chi connectivity index (χ1n) is 12.7. The van der Waals surface area contributed by atoms with Crippen molar-refractivity contribution in [3.05, 3.63) is 59.6 Å². The van der Waals surface area contributed by atoms with Crippen molar-refractivity contribution in [2.45, 2.75) is 46.2 Å². The molecular formula is C27H32F2N8. The summed E-state index contributed by atoms with van der Waals surface area (Å²) in [6.45, 7) is 13.5. The third-order valence-corrected chi connectivity index (χ3v) is 6.84. The molecule has 0 spiro atoms. The molecule has 2 N–H and O–H groups in total. The zero-order chi connectivity index (χ0) is 26.1. The van der Waals surface area contributed by atoms with Gasteiger partial charge >= 0.3 is 0 Å². The number of anilines is 2. The summed E-state index contributed by atoms with van der Waals surface area (Å²) < 4.78 is 29.5. The highest BCUT2D eigenvalue weighted by atomic mass is 19.1. The maximum absolute atomic E-state index is 14.8. The van der Waals surface area contributed by atoms with Crippen molar-refractivity contribution in [1.82, 2.24) is 34.9 Å². The lowest BCUT2D eigenvalue weighted by molar-refractivity contribution is 0.104. The molecule has 1 aliphatic heterocycles. The third kappa shape index (κ3) is 5.45. The Morgan fingerprint density at radius 3 is 2.43 bits per heavy atom. The molecule has 4 heterocycles. The maximum atomic E-state index is 14.8. The fraction of sp³-hybridized carbons (Fsp3) is 0.407. The molecule has 0 unspecified atom stereocenters. The van der Waals surface area contributed by atoms with E-state index in [9.17, 15) is 8.78 Å². The van der Waals surface area contributed by atoms with Gasteiger partial charge in [0.05, 0.1) is 6.20 Å². The van der Waals surface area contributed by atoms with Crippen LogP contribution in [0.4, 0.5) is 20.5 Å². The van der Waals surface area contributed by atoms with E-state index in [2.05, 4.69) is 54.1 Å². The van der Waals surface area contributed by atoms with Crippen molar-refractivity contribution in [2.24, 2.45) is 0 Å². The van der Waals surface area contributed by atoms with Crippen LogP contribution in [0.25, 0.3) is 22.2 Å². The smallest absolute Gasteiger partial charge is 0.229 e. The summed E-state index contributed by atoms with van der Waals surface area (Å²) in [6.07, 6.45) is 2.91. The van der Waals surface area contributed by atoms with E-state index in [-0.39, 0.29) is 23.1 Å². The van der Waals surface area contributed by atoms with Crippen molar-refractivity contribution in [3.8, 4) is 11.3 Å². The Kier molecular flexibility index (Phi) is 7.12. The number of nitrogens with zero attached hydrogens (tertiary/aromatic N) is 6. The number of nitrogens with one attached hydrogen (secondary N) is 2. The van der Waals surface area contributed by atoms with Crippen LogP contribution in [0, 0.1) is 11.6 Å². The lowest BCUT2D eigenvalue weighted by atomic mass is 10.0. The second-order valence-corrected chi connectivity index (χ2v) is 10.1. The topological polar surface area (TPSA) is 85.9 Å². The molecule has 5 rings (SSSR count). The molecule has 3 aromatic heterocycles. The predicted molar refractivity (Wildman–Crippen MR) is 141 cm³/mol. The quantitative estimate of drug-likeness (QED) is 0.361. The Morgan fingerprint density at radius 1 is 0.973 bits per heavy atom. The van der Waals surface area contributed by atoms with Crippen LogP contribution in [0.5, 0.6) is 0 Å². The van der Waals surface area contributed by atoms with E-state index >= 15 is 0 Å². The van der Waals surface area contributed by atoms with Gasteiger partial charge in [0.15, 0.2) is 11.6 Å². The first-order valence-corrected chi connectivity index (χ1v) is 12.7. The van der Waals surface area contributed by atoms with E-state index < -0.39 is 11.6 Å². The van der Waals surface area contributed by atoms with Gasteiger partial charge in [0.2, 0.25) is 5.95 Å². The summed E-state index contributed by atoms with van der Waals surface area (Å²) in [7, 11) is 0. The van der Waals surface area contributed by atoms with Gasteiger partial charge in [-0.25, -0.2) is 23.7 Å². The molecule has 1 saturated heterocycles. The SMILES string of the molecule is CC(C)c1[nH]nc2c(F)cc(-c3nc(Nc4ccc(CN5CCN(C(C)C)CC5)cn4)ncc3F)cc12. The van der Waals surface area contributed by atoms with Crippen LogP contribution in [0.1, 0.15) is 44.9 Å². The van der Waals surface area contributed by atoms with E-state index in [1.54, 1.807) is 6.07 Å². The minimum absolute atomic E-state index is 0.00589. The van der Waals surface area contributed by atoms with Gasteiger partial charge in [0, 0.05) is 61.6 Å². The fourth-order valence-electron chi connectivity index (χ4n) is 4.70. The summed E-state index contributed by atoms with van der Waals surface area (Å²) in [5.74, 6) is -0.348. The first-order chi connectivity index (χ1) is 17.8. The van der Waals surface area contributed by atoms with Crippen LogP contribution < -0.4 is 5.32 Å². The monoisotopic (exact) mass is 506 g/mol. The van der Waals surface area contributed by atoms with Crippen molar-refractivity contribution >= 4 is 22.7 Å². The van der Waals surface area contributed by atoms with E-state index in [1.807, 2.05) is 32.2 Å². The van der Waals surface area contributed by atoms with Gasteiger partial charge in [-0.15, -0.1) is 0 Å². The minimum atomic E-state index is -0.639. The average Bonchev–Trinajstić information content (AvgIpc) is 3.32. The van der Waals surface area contributed by atoms with Crippen LogP contribution >= 0.6 is 0 Å². The number of aromatic amines is 1. The molecule has 0 saturated carbocycles. The molecule has 0 amide bonds. The number of aromatic nitrogens is 5. The molecule has 0 radical (unpaired) electrons. The predicted octanol–water partition coefficient (Wildman–Crippen LogP) is 5.09. The molecule has 8 nitrogen and oxygen atoms in total. The summed E-state index contributed by atoms with van der Waals surface area (Å²) in [6, 6.07) is 7.41. The normalized spacial score (nSPS) is 15.2. The number of H-pyrrole nitrogens is 1. The van der Waals surface area contributed by atoms with Crippen molar-refractivity contribution in [1.29, 1.82) is 0 Å². The maximum Gasteiger partial charge on any atom is 0.229 e. The first kappa shape index (κ1) is 25.2. The highest BCUT2D eigenvalue weighted by Crippen LogP contribution is 2.31. The van der Waals surface area contributed by atoms with Crippen LogP contribution in [0.15, 0.2) is 36.7 Å². The molecule has 10 heteroatoms. The molecule has 1 aliphatic rings. The second-order valence-electron chi connectivity index (χ2n) is 10.1. The molecule has 0 atom stereocenters. The number of halogens is 2. The summed E-state index contributed by atoms with van der Waals surface area (Å²) in [5, 5.41) is 10.6. The van der Waals surface area contributed by atoms with Gasteiger partial charge in [0.25, 0.3) is 0 Å². The van der Waals surface area contributed by atoms with Crippen LogP contribution in [-0.2, 0) is 6.54 Å². The Labute approximate surface area is 215 Å². The molecule has 4 aromatic rings. The van der Waals surface area contributed by atoms with E-state index in [1.165, 1.54) is 6.07 Å². The summed E-state index contributed by atoms with van der Waals surface area (Å²) >= 11 is 0. The number of piperazine rings is 1. The molecular weight excluding hydrogens is 474 g/mol. The number of hydrogen-bond acceptors (Lipinski definition) is 7. The number of rotatable bonds is 7. The average molecular weight is 507 g/mol. The molecule has 1 fully saturated rings. The van der Waals surface area contributed by atoms with Crippen LogP contribution in [0.2, 0.25) is 0 Å². The Balaban J connectivity index is 1.31. The van der Waals surface area contributed by atoms with Gasteiger partial charge in [-0.3, -0.25) is 14.9 Å². The lowest BCUT2D eigenvalue weighted by Gasteiger charge is -2.36. The minimum Gasteiger partial charge on any atom is -0.309 e. The standard InChI is InChI=1S/C27H32F2N8/c1-16(2)24-20-11-19(12-21(28)26(20)35-34-24)25-22(29)14-31-27(33-25)32-23-6-5-18(13-30-23)15-36-7-9-37(10-8-36)17(3)4/h5-6,11-14,16-17H,7-10,15H2,1-4H3,(H,34,35)(H,30,31,32,33). The number of benzene rings is 1. The highest BCUT2D eigenvalue weighted by Gasteiger charge is 2.20. The van der Waals surface area contributed by atoms with Gasteiger partial charge in [-0.1, -0.05) is 19.9 Å². The molecule has 0 bridgehead atoms. The van der Waals surface area contributed by atoms with E-state index in [0.717, 1.165) is 50.2 Å². The lowest BCUT2D eigenvalue weighted by Crippen LogP contribution is -2.48. The van der Waals surface area contributed by atoms with Gasteiger partial charge in [-0.2, -0.15) is 5.10 Å². The van der Waals surface area contributed by atoms with Crippen LogP contribution in [0.3, 0.4) is 0 Å². The zero-order valence-corrected chi connectivity index (χ0v) is 21.6. The molecule has 1 aromatic carbocycles. The van der Waals surface area contributed by atoms with Crippen molar-refractivity contribution < 1.29 is 8.78 Å². The van der Waals surface area contributed by atoms with Gasteiger partial charge in [-0.05, 0) is 43.5 Å². The Bertz CT molecular complexity index is 1380. The fourth-order valence-corrected chi connectivity index (χ4v) is 4.70. The summed E-state index contributed by atoms with van der Waals surface area (Å²) in [4.78, 5) is 17.8. The van der Waals surface area contributed by atoms with Crippen molar-refractivity contribution in [2.75, 3.05) is 31.5 Å². The third-order valence-electron chi connectivity index (χ3n) is 6.84. The molecule has 37 heavy (non-hydrogen) atoms. The highest BCUT2D eigenvalue weighted by molar-refractivity contribution is 5.87. The summed E-state index contributed by atoms with van der Waals surface area (Å²) in [5.41, 5.74) is 2.46. The van der Waals surface area contributed by atoms with E-state index in [4.69, 9.17) is 0 Å². The molecule has 0 aliphatic carbocycles. The van der Waals surface area contributed by atoms with Gasteiger partial charge in [0.1, 0.15) is 17.0 Å². The second kappa shape index (κ2) is 10.5. The van der Waals surface area contributed by atoms with Crippen LogP contribution in [-0.4, -0.2) is 67.2 Å². The Morgan fingerprint density at radius 2 is 1.76 bits per heavy atom. The number of pyridine rings is 1. The number of fused-ring (bicyclic) bond motifs is 1. The van der Waals surface area contributed by atoms with Gasteiger partial charge < -0.3 is 5.32 Å².